The second-order valence-corrected chi connectivity index (χ2v) is 5.71. The minimum atomic E-state index is -0.945. The van der Waals surface area contributed by atoms with Crippen molar-refractivity contribution in [2.45, 2.75) is 25.7 Å². The number of hydrogen-bond donors (Lipinski definition) is 2. The molecule has 1 aliphatic rings. The molecule has 0 spiro atoms. The highest BCUT2D eigenvalue weighted by atomic mass is 16.5. The monoisotopic (exact) mass is 301 g/mol. The van der Waals surface area contributed by atoms with Gasteiger partial charge in [-0.25, -0.2) is 4.79 Å². The lowest BCUT2D eigenvalue weighted by Gasteiger charge is -2.25. The fraction of sp³-hybridized carbons (Fsp3) is 0.438. The Kier molecular flexibility index (Phi) is 4.20. The predicted octanol–water partition coefficient (Wildman–Crippen LogP) is 2.54. The summed E-state index contributed by atoms with van der Waals surface area (Å²) in [6.45, 7) is 4.19. The lowest BCUT2D eigenvalue weighted by molar-refractivity contribution is 0.0697. The molecule has 2 N–H and O–H groups in total. The molecule has 2 heterocycles. The summed E-state index contributed by atoms with van der Waals surface area (Å²) in [4.78, 5) is 15.3. The van der Waals surface area contributed by atoms with E-state index in [2.05, 4.69) is 22.4 Å². The zero-order valence-electron chi connectivity index (χ0n) is 12.5. The number of carbonyl (C=O) groups is 1. The van der Waals surface area contributed by atoms with E-state index in [1.165, 1.54) is 0 Å². The molecule has 6 nitrogen and oxygen atoms in total. The number of aromatic nitrogens is 2. The standard InChI is InChI=1S/C16H19N3O3/c1-10(11-6-8-17-9-7-11)15-18-14(19-22-15)12-2-4-13(5-3-12)16(20)21/h2-5,10-11,17H,6-9H2,1H3,(H,20,21). The van der Waals surface area contributed by atoms with Gasteiger partial charge in [0.25, 0.3) is 0 Å². The Morgan fingerprint density at radius 3 is 2.64 bits per heavy atom. The van der Waals surface area contributed by atoms with Crippen LogP contribution in [0.25, 0.3) is 11.4 Å². The summed E-state index contributed by atoms with van der Waals surface area (Å²) in [5.74, 6) is 1.02. The minimum Gasteiger partial charge on any atom is -0.478 e. The van der Waals surface area contributed by atoms with E-state index >= 15 is 0 Å². The molecule has 0 amide bonds. The molecule has 1 saturated heterocycles. The molecule has 22 heavy (non-hydrogen) atoms. The second kappa shape index (κ2) is 6.27. The van der Waals surface area contributed by atoms with Crippen LogP contribution in [0.4, 0.5) is 0 Å². The summed E-state index contributed by atoms with van der Waals surface area (Å²) in [5.41, 5.74) is 1.01. The highest BCUT2D eigenvalue weighted by Crippen LogP contribution is 2.30. The fourth-order valence-corrected chi connectivity index (χ4v) is 2.85. The average molecular weight is 301 g/mol. The van der Waals surface area contributed by atoms with Gasteiger partial charge in [-0.3, -0.25) is 0 Å². The lowest BCUT2D eigenvalue weighted by atomic mass is 9.86. The van der Waals surface area contributed by atoms with Gasteiger partial charge in [0.2, 0.25) is 11.7 Å². The third-order valence-electron chi connectivity index (χ3n) is 4.31. The summed E-state index contributed by atoms with van der Waals surface area (Å²) in [5, 5.41) is 16.3. The first-order chi connectivity index (χ1) is 10.6. The molecule has 1 aromatic heterocycles. The fourth-order valence-electron chi connectivity index (χ4n) is 2.85. The number of rotatable bonds is 4. The highest BCUT2D eigenvalue weighted by Gasteiger charge is 2.25. The molecule has 0 bridgehead atoms. The number of hydrogen-bond acceptors (Lipinski definition) is 5. The van der Waals surface area contributed by atoms with Gasteiger partial charge in [0.05, 0.1) is 5.56 Å². The Bertz CT molecular complexity index is 645. The lowest BCUT2D eigenvalue weighted by Crippen LogP contribution is -2.30. The Morgan fingerprint density at radius 1 is 1.32 bits per heavy atom. The Morgan fingerprint density at radius 2 is 2.00 bits per heavy atom. The molecule has 6 heteroatoms. The van der Waals surface area contributed by atoms with Crippen molar-refractivity contribution >= 4 is 5.97 Å². The molecule has 116 valence electrons. The molecule has 2 aromatic rings. The van der Waals surface area contributed by atoms with Gasteiger partial charge in [0.15, 0.2) is 0 Å². The van der Waals surface area contributed by atoms with Gasteiger partial charge in [-0.2, -0.15) is 4.98 Å². The molecule has 1 atom stereocenters. The summed E-state index contributed by atoms with van der Waals surface area (Å²) >= 11 is 0. The number of nitrogens with zero attached hydrogens (tertiary/aromatic N) is 2. The molecule has 0 radical (unpaired) electrons. The molecule has 1 aliphatic heterocycles. The van der Waals surface area contributed by atoms with Gasteiger partial charge in [-0.15, -0.1) is 0 Å². The van der Waals surface area contributed by atoms with Crippen LogP contribution >= 0.6 is 0 Å². The van der Waals surface area contributed by atoms with Crippen molar-refractivity contribution in [1.82, 2.24) is 15.5 Å². The van der Waals surface area contributed by atoms with E-state index in [1.54, 1.807) is 24.3 Å². The number of aromatic carboxylic acids is 1. The SMILES string of the molecule is CC(c1nc(-c2ccc(C(=O)O)cc2)no1)C1CCNCC1. The van der Waals surface area contributed by atoms with E-state index in [9.17, 15) is 4.79 Å². The third kappa shape index (κ3) is 3.01. The maximum absolute atomic E-state index is 10.9. The molecular formula is C16H19N3O3. The predicted molar refractivity (Wildman–Crippen MR) is 80.7 cm³/mol. The maximum atomic E-state index is 10.9. The molecule has 0 saturated carbocycles. The van der Waals surface area contributed by atoms with Crippen molar-refractivity contribution in [2.75, 3.05) is 13.1 Å². The van der Waals surface area contributed by atoms with E-state index < -0.39 is 5.97 Å². The molecule has 1 aromatic carbocycles. The van der Waals surface area contributed by atoms with Gasteiger partial charge in [-0.05, 0) is 44.0 Å². The van der Waals surface area contributed by atoms with Crippen molar-refractivity contribution in [3.05, 3.63) is 35.7 Å². The maximum Gasteiger partial charge on any atom is 0.335 e. The van der Waals surface area contributed by atoms with E-state index in [0.29, 0.717) is 17.6 Å². The number of benzene rings is 1. The molecule has 0 aliphatic carbocycles. The van der Waals surface area contributed by atoms with Gasteiger partial charge < -0.3 is 14.9 Å². The van der Waals surface area contributed by atoms with E-state index in [-0.39, 0.29) is 11.5 Å². The van der Waals surface area contributed by atoms with E-state index in [4.69, 9.17) is 9.63 Å². The van der Waals surface area contributed by atoms with Crippen molar-refractivity contribution in [1.29, 1.82) is 0 Å². The Labute approximate surface area is 128 Å². The Balaban J connectivity index is 1.76. The van der Waals surface area contributed by atoms with Crippen LogP contribution < -0.4 is 5.32 Å². The van der Waals surface area contributed by atoms with Crippen molar-refractivity contribution in [3.63, 3.8) is 0 Å². The number of piperidine rings is 1. The topological polar surface area (TPSA) is 88.2 Å². The first kappa shape index (κ1) is 14.7. The van der Waals surface area contributed by atoms with Crippen LogP contribution in [0.2, 0.25) is 0 Å². The summed E-state index contributed by atoms with van der Waals surface area (Å²) < 4.78 is 5.41. The van der Waals surface area contributed by atoms with Crippen molar-refractivity contribution < 1.29 is 14.4 Å². The van der Waals surface area contributed by atoms with Crippen molar-refractivity contribution in [2.24, 2.45) is 5.92 Å². The number of carboxylic acids is 1. The highest BCUT2D eigenvalue weighted by molar-refractivity contribution is 5.88. The van der Waals surface area contributed by atoms with E-state index in [1.807, 2.05) is 0 Å². The summed E-state index contributed by atoms with van der Waals surface area (Å²) in [7, 11) is 0. The first-order valence-electron chi connectivity index (χ1n) is 7.53. The first-order valence-corrected chi connectivity index (χ1v) is 7.53. The van der Waals surface area contributed by atoms with Gasteiger partial charge >= 0.3 is 5.97 Å². The second-order valence-electron chi connectivity index (χ2n) is 5.71. The van der Waals surface area contributed by atoms with Gasteiger partial charge in [-0.1, -0.05) is 24.2 Å². The molecular weight excluding hydrogens is 282 g/mol. The molecule has 1 fully saturated rings. The largest absolute Gasteiger partial charge is 0.478 e. The summed E-state index contributed by atoms with van der Waals surface area (Å²) in [6.07, 6.45) is 2.23. The molecule has 3 rings (SSSR count). The number of nitrogens with one attached hydrogen (secondary N) is 1. The quantitative estimate of drug-likeness (QED) is 0.902. The summed E-state index contributed by atoms with van der Waals surface area (Å²) in [6, 6.07) is 6.49. The van der Waals surface area contributed by atoms with Gasteiger partial charge in [0, 0.05) is 11.5 Å². The van der Waals surface area contributed by atoms with Crippen LogP contribution in [0, 0.1) is 5.92 Å². The zero-order valence-corrected chi connectivity index (χ0v) is 12.5. The average Bonchev–Trinajstić information content (AvgIpc) is 3.05. The normalized spacial score (nSPS) is 17.3. The molecule has 1 unspecified atom stereocenters. The smallest absolute Gasteiger partial charge is 0.335 e. The zero-order chi connectivity index (χ0) is 15.5. The Hall–Kier alpha value is -2.21. The van der Waals surface area contributed by atoms with Crippen molar-refractivity contribution in [3.8, 4) is 11.4 Å². The number of carboxylic acid groups (broad SMARTS) is 1. The van der Waals surface area contributed by atoms with Gasteiger partial charge in [0.1, 0.15) is 0 Å². The van der Waals surface area contributed by atoms with Crippen LogP contribution in [-0.2, 0) is 0 Å². The third-order valence-corrected chi connectivity index (χ3v) is 4.31. The van der Waals surface area contributed by atoms with Crippen LogP contribution in [0.5, 0.6) is 0 Å². The van der Waals surface area contributed by atoms with Crippen LogP contribution in [0.3, 0.4) is 0 Å². The van der Waals surface area contributed by atoms with Crippen LogP contribution in [-0.4, -0.2) is 34.3 Å². The minimum absolute atomic E-state index is 0.238. The van der Waals surface area contributed by atoms with Crippen LogP contribution in [0.15, 0.2) is 28.8 Å². The van der Waals surface area contributed by atoms with E-state index in [0.717, 1.165) is 31.5 Å². The van der Waals surface area contributed by atoms with Crippen LogP contribution in [0.1, 0.15) is 41.9 Å².